The number of benzene rings is 1. The number of amides is 1. The van der Waals surface area contributed by atoms with Crippen LogP contribution in [0.15, 0.2) is 30.3 Å². The molecule has 0 aliphatic carbocycles. The minimum Gasteiger partial charge on any atom is -0.356 e. The zero-order valence-electron chi connectivity index (χ0n) is 11.4. The highest BCUT2D eigenvalue weighted by atomic mass is 16.1. The smallest absolute Gasteiger partial charge is 0.220 e. The van der Waals surface area contributed by atoms with Crippen LogP contribution in [-0.4, -0.2) is 18.5 Å². The van der Waals surface area contributed by atoms with Gasteiger partial charge in [-0.25, -0.2) is 0 Å². The lowest BCUT2D eigenvalue weighted by molar-refractivity contribution is -0.121. The molecule has 1 rings (SSSR count). The molecule has 0 aliphatic heterocycles. The highest BCUT2D eigenvalue weighted by Crippen LogP contribution is 2.13. The number of hydrogen-bond donors (Lipinski definition) is 2. The maximum atomic E-state index is 11.6. The Balaban J connectivity index is 2.22. The molecule has 3 heteroatoms. The fourth-order valence-electron chi connectivity index (χ4n) is 1.84. The number of rotatable bonds is 7. The van der Waals surface area contributed by atoms with E-state index in [4.69, 9.17) is 5.73 Å². The minimum atomic E-state index is 0.124. The zero-order valence-corrected chi connectivity index (χ0v) is 11.4. The summed E-state index contributed by atoms with van der Waals surface area (Å²) >= 11 is 0. The third-order valence-electron chi connectivity index (χ3n) is 3.04. The van der Waals surface area contributed by atoms with E-state index in [-0.39, 0.29) is 11.9 Å². The second-order valence-electron chi connectivity index (χ2n) is 4.99. The minimum absolute atomic E-state index is 0.124. The van der Waals surface area contributed by atoms with Gasteiger partial charge in [-0.1, -0.05) is 37.3 Å². The van der Waals surface area contributed by atoms with Gasteiger partial charge in [-0.15, -0.1) is 0 Å². The first kappa shape index (κ1) is 14.7. The van der Waals surface area contributed by atoms with Crippen LogP contribution in [0, 0.1) is 0 Å². The van der Waals surface area contributed by atoms with E-state index in [9.17, 15) is 4.79 Å². The Morgan fingerprint density at radius 1 is 1.28 bits per heavy atom. The molecule has 0 fully saturated rings. The summed E-state index contributed by atoms with van der Waals surface area (Å²) in [6.45, 7) is 4.79. The van der Waals surface area contributed by atoms with Crippen LogP contribution in [0.25, 0.3) is 0 Å². The van der Waals surface area contributed by atoms with Crippen molar-refractivity contribution in [2.75, 3.05) is 6.54 Å². The van der Waals surface area contributed by atoms with Crippen LogP contribution in [0.1, 0.15) is 44.6 Å². The average molecular weight is 248 g/mol. The number of carbonyl (C=O) groups is 1. The standard InChI is InChI=1S/C15H24N2O/c1-12(14-8-4-3-5-9-14)11-17-15(18)10-6-7-13(2)16/h3-5,8-9,12-13H,6-7,10-11,16H2,1-2H3,(H,17,18). The molecule has 0 aliphatic rings. The predicted octanol–water partition coefficient (Wildman–Crippen LogP) is 2.42. The Kier molecular flexibility index (Phi) is 6.44. The van der Waals surface area contributed by atoms with Crippen LogP contribution in [0.4, 0.5) is 0 Å². The van der Waals surface area contributed by atoms with Crippen molar-refractivity contribution >= 4 is 5.91 Å². The summed E-state index contributed by atoms with van der Waals surface area (Å²) < 4.78 is 0. The van der Waals surface area contributed by atoms with Gasteiger partial charge in [-0.05, 0) is 31.2 Å². The molecule has 0 bridgehead atoms. The van der Waals surface area contributed by atoms with Crippen molar-refractivity contribution < 1.29 is 4.79 Å². The van der Waals surface area contributed by atoms with E-state index in [1.54, 1.807) is 0 Å². The normalized spacial score (nSPS) is 13.9. The molecule has 1 aromatic rings. The number of hydrogen-bond acceptors (Lipinski definition) is 2. The summed E-state index contributed by atoms with van der Waals surface area (Å²) in [7, 11) is 0. The van der Waals surface area contributed by atoms with Crippen molar-refractivity contribution in [3.63, 3.8) is 0 Å². The van der Waals surface area contributed by atoms with Gasteiger partial charge in [0.2, 0.25) is 5.91 Å². The molecule has 1 aromatic carbocycles. The van der Waals surface area contributed by atoms with Gasteiger partial charge in [0, 0.05) is 19.0 Å². The summed E-state index contributed by atoms with van der Waals surface area (Å²) in [6.07, 6.45) is 2.34. The number of nitrogens with one attached hydrogen (secondary N) is 1. The molecule has 18 heavy (non-hydrogen) atoms. The first-order valence-electron chi connectivity index (χ1n) is 6.67. The van der Waals surface area contributed by atoms with Gasteiger partial charge in [0.25, 0.3) is 0 Å². The Morgan fingerprint density at radius 2 is 1.94 bits per heavy atom. The SMILES string of the molecule is CC(N)CCCC(=O)NCC(C)c1ccccc1. The molecule has 0 aromatic heterocycles. The van der Waals surface area contributed by atoms with E-state index in [1.807, 2.05) is 25.1 Å². The quantitative estimate of drug-likeness (QED) is 0.778. The number of carbonyl (C=O) groups excluding carboxylic acids is 1. The highest BCUT2D eigenvalue weighted by molar-refractivity contribution is 5.75. The molecular weight excluding hydrogens is 224 g/mol. The largest absolute Gasteiger partial charge is 0.356 e. The molecule has 0 saturated heterocycles. The molecule has 1 amide bonds. The summed E-state index contributed by atoms with van der Waals surface area (Å²) in [5.74, 6) is 0.474. The molecule has 0 spiro atoms. The molecule has 2 atom stereocenters. The topological polar surface area (TPSA) is 55.1 Å². The van der Waals surface area contributed by atoms with E-state index >= 15 is 0 Å². The van der Waals surface area contributed by atoms with Crippen molar-refractivity contribution in [1.29, 1.82) is 0 Å². The van der Waals surface area contributed by atoms with Crippen LogP contribution in [0.3, 0.4) is 0 Å². The molecule has 0 heterocycles. The second-order valence-corrected chi connectivity index (χ2v) is 4.99. The fourth-order valence-corrected chi connectivity index (χ4v) is 1.84. The molecule has 100 valence electrons. The maximum absolute atomic E-state index is 11.6. The predicted molar refractivity (Wildman–Crippen MR) is 75.4 cm³/mol. The van der Waals surface area contributed by atoms with E-state index < -0.39 is 0 Å². The average Bonchev–Trinajstić information content (AvgIpc) is 2.36. The Bertz CT molecular complexity index is 349. The highest BCUT2D eigenvalue weighted by Gasteiger charge is 2.07. The Hall–Kier alpha value is -1.35. The molecule has 2 unspecified atom stereocenters. The first-order chi connectivity index (χ1) is 8.59. The van der Waals surface area contributed by atoms with Gasteiger partial charge in [0.05, 0.1) is 0 Å². The molecule has 3 N–H and O–H groups in total. The Morgan fingerprint density at radius 3 is 2.56 bits per heavy atom. The van der Waals surface area contributed by atoms with Crippen LogP contribution in [0.5, 0.6) is 0 Å². The summed E-state index contributed by atoms with van der Waals surface area (Å²) in [6, 6.07) is 10.4. The molecule has 3 nitrogen and oxygen atoms in total. The van der Waals surface area contributed by atoms with Crippen LogP contribution in [0.2, 0.25) is 0 Å². The van der Waals surface area contributed by atoms with E-state index in [1.165, 1.54) is 5.56 Å². The lowest BCUT2D eigenvalue weighted by atomic mass is 10.0. The molecule has 0 radical (unpaired) electrons. The fraction of sp³-hybridized carbons (Fsp3) is 0.533. The lowest BCUT2D eigenvalue weighted by Gasteiger charge is -2.13. The summed E-state index contributed by atoms with van der Waals surface area (Å²) in [5.41, 5.74) is 6.90. The third-order valence-corrected chi connectivity index (χ3v) is 3.04. The van der Waals surface area contributed by atoms with Crippen LogP contribution >= 0.6 is 0 Å². The summed E-state index contributed by atoms with van der Waals surface area (Å²) in [4.78, 5) is 11.6. The monoisotopic (exact) mass is 248 g/mol. The van der Waals surface area contributed by atoms with Crippen molar-refractivity contribution in [2.24, 2.45) is 5.73 Å². The van der Waals surface area contributed by atoms with Gasteiger partial charge in [-0.3, -0.25) is 4.79 Å². The van der Waals surface area contributed by atoms with Crippen LogP contribution < -0.4 is 11.1 Å². The van der Waals surface area contributed by atoms with Crippen LogP contribution in [-0.2, 0) is 4.79 Å². The first-order valence-corrected chi connectivity index (χ1v) is 6.67. The van der Waals surface area contributed by atoms with Crippen molar-refractivity contribution in [1.82, 2.24) is 5.32 Å². The van der Waals surface area contributed by atoms with Gasteiger partial charge in [0.1, 0.15) is 0 Å². The Labute approximate surface area is 110 Å². The van der Waals surface area contributed by atoms with Gasteiger partial charge in [0.15, 0.2) is 0 Å². The maximum Gasteiger partial charge on any atom is 0.220 e. The van der Waals surface area contributed by atoms with E-state index in [0.29, 0.717) is 18.9 Å². The molecular formula is C15H24N2O. The third kappa shape index (κ3) is 5.82. The summed E-state index contributed by atoms with van der Waals surface area (Å²) in [5, 5.41) is 2.97. The van der Waals surface area contributed by atoms with Crippen molar-refractivity contribution in [3.8, 4) is 0 Å². The molecule has 0 saturated carbocycles. The van der Waals surface area contributed by atoms with E-state index in [0.717, 1.165) is 12.8 Å². The van der Waals surface area contributed by atoms with Gasteiger partial charge < -0.3 is 11.1 Å². The lowest BCUT2D eigenvalue weighted by Crippen LogP contribution is -2.27. The van der Waals surface area contributed by atoms with Gasteiger partial charge in [-0.2, -0.15) is 0 Å². The van der Waals surface area contributed by atoms with Crippen molar-refractivity contribution in [3.05, 3.63) is 35.9 Å². The second kappa shape index (κ2) is 7.88. The number of nitrogens with two attached hydrogens (primary N) is 1. The zero-order chi connectivity index (χ0) is 13.4. The van der Waals surface area contributed by atoms with Gasteiger partial charge >= 0.3 is 0 Å². The van der Waals surface area contributed by atoms with Crippen molar-refractivity contribution in [2.45, 2.75) is 45.1 Å². The van der Waals surface area contributed by atoms with E-state index in [2.05, 4.69) is 24.4 Å².